The van der Waals surface area contributed by atoms with E-state index in [0.29, 0.717) is 5.56 Å². The number of carboxylic acids is 1. The maximum absolute atomic E-state index is 13.8. The molecule has 1 aromatic carbocycles. The monoisotopic (exact) mass is 256 g/mol. The average Bonchev–Trinajstić information content (AvgIpc) is 2.28. The van der Waals surface area contributed by atoms with Gasteiger partial charge in [0.25, 0.3) is 5.92 Å². The molecule has 0 spiro atoms. The van der Waals surface area contributed by atoms with Crippen molar-refractivity contribution >= 4 is 5.97 Å². The molecular formula is C14H18F2O2. The predicted molar refractivity (Wildman–Crippen MR) is 65.7 cm³/mol. The maximum Gasteiger partial charge on any atom is 0.306 e. The van der Waals surface area contributed by atoms with Crippen LogP contribution in [0.1, 0.15) is 31.9 Å². The molecule has 18 heavy (non-hydrogen) atoms. The Hall–Kier alpha value is -1.45. The molecule has 1 rings (SSSR count). The number of aliphatic carboxylic acids is 1. The van der Waals surface area contributed by atoms with Crippen LogP contribution in [0.5, 0.6) is 0 Å². The summed E-state index contributed by atoms with van der Waals surface area (Å²) >= 11 is 0. The van der Waals surface area contributed by atoms with E-state index in [4.69, 9.17) is 5.11 Å². The van der Waals surface area contributed by atoms with Gasteiger partial charge in [0.05, 0.1) is 5.92 Å². The van der Waals surface area contributed by atoms with Crippen molar-refractivity contribution in [3.63, 3.8) is 0 Å². The molecule has 4 heteroatoms. The Morgan fingerprint density at radius 1 is 1.33 bits per heavy atom. The highest BCUT2D eigenvalue weighted by Gasteiger charge is 2.35. The molecule has 0 heterocycles. The van der Waals surface area contributed by atoms with Gasteiger partial charge in [-0.05, 0) is 18.1 Å². The summed E-state index contributed by atoms with van der Waals surface area (Å²) in [5.74, 6) is -5.17. The van der Waals surface area contributed by atoms with Gasteiger partial charge in [-0.25, -0.2) is 8.78 Å². The normalized spacial score (nSPS) is 13.7. The van der Waals surface area contributed by atoms with Gasteiger partial charge in [-0.2, -0.15) is 0 Å². The first-order valence-corrected chi connectivity index (χ1v) is 5.95. The zero-order valence-electron chi connectivity index (χ0n) is 10.8. The lowest BCUT2D eigenvalue weighted by atomic mass is 9.93. The molecule has 0 aliphatic heterocycles. The number of hydrogen-bond donors (Lipinski definition) is 1. The summed E-state index contributed by atoms with van der Waals surface area (Å²) in [5.41, 5.74) is 0.579. The molecule has 0 amide bonds. The van der Waals surface area contributed by atoms with Crippen LogP contribution in [0.25, 0.3) is 0 Å². The number of rotatable bonds is 5. The number of hydrogen-bond acceptors (Lipinski definition) is 1. The third kappa shape index (κ3) is 3.28. The van der Waals surface area contributed by atoms with Crippen LogP contribution in [0.4, 0.5) is 8.78 Å². The Morgan fingerprint density at radius 3 is 2.44 bits per heavy atom. The Balaban J connectivity index is 2.96. The summed E-state index contributed by atoms with van der Waals surface area (Å²) in [6.45, 7) is 4.49. The van der Waals surface area contributed by atoms with Gasteiger partial charge in [-0.15, -0.1) is 0 Å². The molecule has 1 aromatic rings. The lowest BCUT2D eigenvalue weighted by molar-refractivity contribution is -0.141. The predicted octanol–water partition coefficient (Wildman–Crippen LogP) is 3.70. The zero-order chi connectivity index (χ0) is 13.9. The van der Waals surface area contributed by atoms with Crippen molar-refractivity contribution < 1.29 is 18.7 Å². The van der Waals surface area contributed by atoms with Crippen LogP contribution >= 0.6 is 0 Å². The van der Waals surface area contributed by atoms with Crippen LogP contribution in [-0.4, -0.2) is 11.1 Å². The fourth-order valence-corrected chi connectivity index (χ4v) is 1.68. The highest BCUT2D eigenvalue weighted by Crippen LogP contribution is 2.35. The largest absolute Gasteiger partial charge is 0.481 e. The van der Waals surface area contributed by atoms with E-state index in [0.717, 1.165) is 0 Å². The second kappa shape index (κ2) is 5.46. The molecule has 100 valence electrons. The van der Waals surface area contributed by atoms with E-state index in [9.17, 15) is 13.6 Å². The van der Waals surface area contributed by atoms with E-state index in [2.05, 4.69) is 0 Å². The number of carboxylic acid groups (broad SMARTS) is 1. The molecule has 0 saturated heterocycles. The molecule has 0 aliphatic carbocycles. The molecule has 0 saturated carbocycles. The van der Waals surface area contributed by atoms with Gasteiger partial charge in [0.2, 0.25) is 0 Å². The summed E-state index contributed by atoms with van der Waals surface area (Å²) < 4.78 is 27.7. The van der Waals surface area contributed by atoms with Crippen molar-refractivity contribution in [3.8, 4) is 0 Å². The molecular weight excluding hydrogens is 238 g/mol. The van der Waals surface area contributed by atoms with Crippen molar-refractivity contribution in [2.45, 2.75) is 33.1 Å². The Kier molecular flexibility index (Phi) is 4.43. The van der Waals surface area contributed by atoms with E-state index in [1.165, 1.54) is 26.0 Å². The number of alkyl halides is 2. The van der Waals surface area contributed by atoms with Crippen molar-refractivity contribution in [2.75, 3.05) is 0 Å². The average molecular weight is 256 g/mol. The smallest absolute Gasteiger partial charge is 0.306 e. The van der Waals surface area contributed by atoms with E-state index in [-0.39, 0.29) is 12.0 Å². The lowest BCUT2D eigenvalue weighted by Gasteiger charge is -2.21. The summed E-state index contributed by atoms with van der Waals surface area (Å²) in [4.78, 5) is 10.7. The van der Waals surface area contributed by atoms with Crippen LogP contribution in [0.15, 0.2) is 24.3 Å². The maximum atomic E-state index is 13.8. The minimum Gasteiger partial charge on any atom is -0.481 e. The Morgan fingerprint density at radius 2 is 1.94 bits per heavy atom. The van der Waals surface area contributed by atoms with Crippen LogP contribution in [0, 0.1) is 11.8 Å². The highest BCUT2D eigenvalue weighted by atomic mass is 19.3. The lowest BCUT2D eigenvalue weighted by Crippen LogP contribution is -2.21. The van der Waals surface area contributed by atoms with E-state index >= 15 is 0 Å². The second-order valence-electron chi connectivity index (χ2n) is 4.92. The topological polar surface area (TPSA) is 37.3 Å². The molecule has 0 aromatic heterocycles. The first-order valence-electron chi connectivity index (χ1n) is 5.95. The van der Waals surface area contributed by atoms with Crippen LogP contribution < -0.4 is 0 Å². The van der Waals surface area contributed by atoms with Crippen molar-refractivity contribution in [3.05, 3.63) is 35.4 Å². The minimum absolute atomic E-state index is 0.0485. The van der Waals surface area contributed by atoms with Gasteiger partial charge in [0.1, 0.15) is 0 Å². The van der Waals surface area contributed by atoms with E-state index in [1.54, 1.807) is 19.1 Å². The molecule has 0 fully saturated rings. The molecule has 0 aliphatic rings. The van der Waals surface area contributed by atoms with Gasteiger partial charge in [-0.3, -0.25) is 4.79 Å². The second-order valence-corrected chi connectivity index (χ2v) is 4.92. The summed E-state index contributed by atoms with van der Waals surface area (Å²) in [6, 6.07) is 6.02. The fraction of sp³-hybridized carbons (Fsp3) is 0.500. The molecule has 1 N–H and O–H groups in total. The first kappa shape index (κ1) is 14.6. The van der Waals surface area contributed by atoms with Gasteiger partial charge in [0, 0.05) is 11.5 Å². The summed E-state index contributed by atoms with van der Waals surface area (Å²) in [7, 11) is 0. The summed E-state index contributed by atoms with van der Waals surface area (Å²) in [5, 5.41) is 8.81. The standard InChI is InChI=1S/C14H18F2O2/c1-9(2)14(15,16)12-6-4-5-11(8-12)7-10(3)13(17)18/h4-6,8-10H,7H2,1-3H3,(H,17,18). The minimum atomic E-state index is -2.89. The number of carbonyl (C=O) groups is 1. The van der Waals surface area contributed by atoms with Crippen LogP contribution in [0.3, 0.4) is 0 Å². The van der Waals surface area contributed by atoms with E-state index < -0.39 is 23.7 Å². The van der Waals surface area contributed by atoms with Crippen LogP contribution in [-0.2, 0) is 17.1 Å². The third-order valence-electron chi connectivity index (χ3n) is 3.00. The van der Waals surface area contributed by atoms with Gasteiger partial charge < -0.3 is 5.11 Å². The van der Waals surface area contributed by atoms with Gasteiger partial charge in [0.15, 0.2) is 0 Å². The molecule has 0 radical (unpaired) electrons. The summed E-state index contributed by atoms with van der Waals surface area (Å²) in [6.07, 6.45) is 0.261. The van der Waals surface area contributed by atoms with E-state index in [1.807, 2.05) is 0 Å². The number of benzene rings is 1. The van der Waals surface area contributed by atoms with Crippen molar-refractivity contribution in [1.29, 1.82) is 0 Å². The molecule has 0 bridgehead atoms. The molecule has 2 nitrogen and oxygen atoms in total. The molecule has 1 unspecified atom stereocenters. The highest BCUT2D eigenvalue weighted by molar-refractivity contribution is 5.69. The fourth-order valence-electron chi connectivity index (χ4n) is 1.68. The Bertz CT molecular complexity index is 428. The van der Waals surface area contributed by atoms with Crippen LogP contribution in [0.2, 0.25) is 0 Å². The number of halogens is 2. The van der Waals surface area contributed by atoms with Crippen molar-refractivity contribution in [2.24, 2.45) is 11.8 Å². The molecule has 1 atom stereocenters. The van der Waals surface area contributed by atoms with Gasteiger partial charge >= 0.3 is 5.97 Å². The first-order chi connectivity index (χ1) is 8.25. The third-order valence-corrected chi connectivity index (χ3v) is 3.00. The Labute approximate surface area is 106 Å². The van der Waals surface area contributed by atoms with Gasteiger partial charge in [-0.1, -0.05) is 39.0 Å². The quantitative estimate of drug-likeness (QED) is 0.872. The zero-order valence-corrected chi connectivity index (χ0v) is 10.8. The SMILES string of the molecule is CC(Cc1cccc(C(F)(F)C(C)C)c1)C(=O)O. The van der Waals surface area contributed by atoms with Crippen molar-refractivity contribution in [1.82, 2.24) is 0 Å².